The number of benzene rings is 1. The van der Waals surface area contributed by atoms with Crippen LogP contribution in [0.1, 0.15) is 44.6 Å². The summed E-state index contributed by atoms with van der Waals surface area (Å²) in [6, 6.07) is 5.45. The molecule has 2 N–H and O–H groups in total. The lowest BCUT2D eigenvalue weighted by atomic mass is 9.89. The Labute approximate surface area is 195 Å². The first-order valence-corrected chi connectivity index (χ1v) is 13.3. The van der Waals surface area contributed by atoms with E-state index in [1.54, 1.807) is 18.4 Å². The third-order valence-electron chi connectivity index (χ3n) is 6.10. The molecule has 6 nitrogen and oxygen atoms in total. The van der Waals surface area contributed by atoms with Crippen molar-refractivity contribution in [2.45, 2.75) is 62.9 Å². The molecule has 0 bridgehead atoms. The summed E-state index contributed by atoms with van der Waals surface area (Å²) in [4.78, 5) is 1.99. The monoisotopic (exact) mass is 478 g/mol. The highest BCUT2D eigenvalue weighted by atomic mass is 32.2. The summed E-state index contributed by atoms with van der Waals surface area (Å²) in [5, 5.41) is 14.6. The Bertz CT molecular complexity index is 1020. The number of halogens is 1. The fourth-order valence-corrected chi connectivity index (χ4v) is 6.39. The molecule has 1 aromatic carbocycles. The van der Waals surface area contributed by atoms with Crippen LogP contribution in [0, 0.1) is 30.0 Å². The van der Waals surface area contributed by atoms with Crippen LogP contribution in [-0.4, -0.2) is 38.5 Å². The van der Waals surface area contributed by atoms with Gasteiger partial charge in [-0.25, -0.2) is 12.8 Å². The number of hydrogen-bond donors (Lipinski definition) is 2. The first kappa shape index (κ1) is 24.6. The maximum absolute atomic E-state index is 14.9. The summed E-state index contributed by atoms with van der Waals surface area (Å²) >= 11 is 1.12. The van der Waals surface area contributed by atoms with Gasteiger partial charge >= 0.3 is 0 Å². The summed E-state index contributed by atoms with van der Waals surface area (Å²) in [5.74, 6) is -0.720. The van der Waals surface area contributed by atoms with Crippen molar-refractivity contribution in [3.63, 3.8) is 0 Å². The van der Waals surface area contributed by atoms with Crippen LogP contribution in [-0.2, 0) is 10.0 Å². The summed E-state index contributed by atoms with van der Waals surface area (Å²) in [7, 11) is -4.07. The smallest absolute Gasteiger partial charge is 0.265 e. The highest BCUT2D eigenvalue weighted by Gasteiger charge is 2.35. The normalized spacial score (nSPS) is 24.4. The van der Waals surface area contributed by atoms with E-state index in [1.807, 2.05) is 6.92 Å². The first-order valence-electron chi connectivity index (χ1n) is 10.9. The quantitative estimate of drug-likeness (QED) is 0.562. The fourth-order valence-electron chi connectivity index (χ4n) is 4.51. The van der Waals surface area contributed by atoms with Gasteiger partial charge in [-0.3, -0.25) is 9.62 Å². The van der Waals surface area contributed by atoms with Crippen molar-refractivity contribution in [2.75, 3.05) is 18.4 Å². The van der Waals surface area contributed by atoms with E-state index in [2.05, 4.69) is 27.6 Å². The standard InChI is InChI=1S/C23H31FN4O2S2/c1-4-11-31-17(3)27-32(29,30)23-12-16(2)21(13-19(23)24)26-20-7-5-6-8-22(20)28-10-9-18(14-25)15-28/h4,11-13,18,20,22,26-27H,3,5-10,15H2,1-2H3/b11-4-/t18?,20-,22?/m0/s1. The van der Waals surface area contributed by atoms with E-state index in [4.69, 9.17) is 0 Å². The molecule has 3 atom stereocenters. The van der Waals surface area contributed by atoms with Crippen molar-refractivity contribution in [1.82, 2.24) is 9.62 Å². The number of nitriles is 1. The van der Waals surface area contributed by atoms with E-state index in [9.17, 15) is 18.1 Å². The van der Waals surface area contributed by atoms with E-state index in [1.165, 1.54) is 12.1 Å². The van der Waals surface area contributed by atoms with Crippen molar-refractivity contribution in [3.8, 4) is 6.07 Å². The number of hydrogen-bond acceptors (Lipinski definition) is 6. The minimum Gasteiger partial charge on any atom is -0.380 e. The minimum atomic E-state index is -4.07. The molecule has 1 saturated heterocycles. The van der Waals surface area contributed by atoms with Gasteiger partial charge in [0, 0.05) is 24.3 Å². The molecule has 2 unspecified atom stereocenters. The Morgan fingerprint density at radius 3 is 2.78 bits per heavy atom. The Kier molecular flexibility index (Phi) is 8.26. The highest BCUT2D eigenvalue weighted by molar-refractivity contribution is 8.06. The number of nitrogens with zero attached hydrogens (tertiary/aromatic N) is 2. The average molecular weight is 479 g/mol. The zero-order valence-electron chi connectivity index (χ0n) is 18.6. The van der Waals surface area contributed by atoms with Gasteiger partial charge in [0.25, 0.3) is 10.0 Å². The van der Waals surface area contributed by atoms with Crippen molar-refractivity contribution in [2.24, 2.45) is 5.92 Å². The molecule has 0 aromatic heterocycles. The number of rotatable bonds is 8. The SMILES string of the molecule is C=C(NS(=O)(=O)c1cc(C)c(N[C@H]2CCCCC2N2CCC(C#N)C2)cc1F)S/C=C\C. The van der Waals surface area contributed by atoms with Gasteiger partial charge in [0.2, 0.25) is 0 Å². The van der Waals surface area contributed by atoms with Crippen molar-refractivity contribution in [3.05, 3.63) is 46.6 Å². The molecule has 1 heterocycles. The van der Waals surface area contributed by atoms with E-state index in [0.29, 0.717) is 17.3 Å². The second-order valence-electron chi connectivity index (χ2n) is 8.43. The van der Waals surface area contributed by atoms with Gasteiger partial charge in [-0.1, -0.05) is 37.3 Å². The van der Waals surface area contributed by atoms with Gasteiger partial charge in [-0.2, -0.15) is 5.26 Å². The molecule has 0 radical (unpaired) electrons. The van der Waals surface area contributed by atoms with E-state index >= 15 is 0 Å². The molecule has 0 amide bonds. The van der Waals surface area contributed by atoms with Crippen LogP contribution in [0.25, 0.3) is 0 Å². The maximum atomic E-state index is 14.9. The number of thioether (sulfide) groups is 1. The molecule has 2 aliphatic rings. The number of allylic oxidation sites excluding steroid dienone is 1. The number of sulfonamides is 1. The van der Waals surface area contributed by atoms with E-state index < -0.39 is 15.8 Å². The number of nitrogens with one attached hydrogen (secondary N) is 2. The zero-order chi connectivity index (χ0) is 23.3. The molecule has 1 saturated carbocycles. The molecule has 174 valence electrons. The fraction of sp³-hybridized carbons (Fsp3) is 0.522. The van der Waals surface area contributed by atoms with Gasteiger partial charge in [-0.05, 0) is 62.8 Å². The Balaban J connectivity index is 1.77. The summed E-state index contributed by atoms with van der Waals surface area (Å²) < 4.78 is 42.6. The third kappa shape index (κ3) is 5.85. The van der Waals surface area contributed by atoms with Crippen molar-refractivity contribution >= 4 is 27.5 Å². The van der Waals surface area contributed by atoms with Crippen molar-refractivity contribution < 1.29 is 12.8 Å². The Morgan fingerprint density at radius 1 is 1.34 bits per heavy atom. The van der Waals surface area contributed by atoms with Crippen LogP contribution in [0.2, 0.25) is 0 Å². The number of anilines is 1. The van der Waals surface area contributed by atoms with Gasteiger partial charge < -0.3 is 5.32 Å². The van der Waals surface area contributed by atoms with Gasteiger partial charge in [0.15, 0.2) is 0 Å². The maximum Gasteiger partial charge on any atom is 0.265 e. The molecule has 9 heteroatoms. The lowest BCUT2D eigenvalue weighted by Crippen LogP contribution is -2.48. The zero-order valence-corrected chi connectivity index (χ0v) is 20.2. The predicted molar refractivity (Wildman–Crippen MR) is 128 cm³/mol. The lowest BCUT2D eigenvalue weighted by Gasteiger charge is -2.39. The number of likely N-dealkylation sites (tertiary alicyclic amines) is 1. The molecule has 0 spiro atoms. The Morgan fingerprint density at radius 2 is 2.09 bits per heavy atom. The molecule has 1 aliphatic heterocycles. The number of aryl methyl sites for hydroxylation is 1. The summed E-state index contributed by atoms with van der Waals surface area (Å²) in [6.45, 7) is 8.95. The van der Waals surface area contributed by atoms with Crippen LogP contribution >= 0.6 is 11.8 Å². The van der Waals surface area contributed by atoms with E-state index in [0.717, 1.165) is 57.0 Å². The molecule has 32 heavy (non-hydrogen) atoms. The summed E-state index contributed by atoms with van der Waals surface area (Å²) in [6.07, 6.45) is 6.89. The molecule has 3 rings (SSSR count). The molecular weight excluding hydrogens is 447 g/mol. The topological polar surface area (TPSA) is 85.2 Å². The van der Waals surface area contributed by atoms with Crippen LogP contribution in [0.5, 0.6) is 0 Å². The van der Waals surface area contributed by atoms with Gasteiger partial charge in [-0.15, -0.1) is 0 Å². The first-order chi connectivity index (χ1) is 15.2. The van der Waals surface area contributed by atoms with Gasteiger partial charge in [0.1, 0.15) is 10.7 Å². The highest BCUT2D eigenvalue weighted by Crippen LogP contribution is 2.32. The second-order valence-corrected chi connectivity index (χ2v) is 11.1. The van der Waals surface area contributed by atoms with Crippen molar-refractivity contribution in [1.29, 1.82) is 5.26 Å². The van der Waals surface area contributed by atoms with Crippen LogP contribution in [0.4, 0.5) is 10.1 Å². The largest absolute Gasteiger partial charge is 0.380 e. The second kappa shape index (κ2) is 10.7. The molecule has 1 aromatic rings. The van der Waals surface area contributed by atoms with Crippen LogP contribution in [0.15, 0.2) is 40.1 Å². The molecule has 2 fully saturated rings. The third-order valence-corrected chi connectivity index (χ3v) is 8.44. The summed E-state index contributed by atoms with van der Waals surface area (Å²) in [5.41, 5.74) is 1.27. The molecule has 1 aliphatic carbocycles. The van der Waals surface area contributed by atoms with Gasteiger partial charge in [0.05, 0.1) is 17.0 Å². The Hall–Kier alpha value is -2.02. The van der Waals surface area contributed by atoms with Crippen LogP contribution < -0.4 is 10.0 Å². The molecular formula is C23H31FN4O2S2. The predicted octanol–water partition coefficient (Wildman–Crippen LogP) is 4.72. The lowest BCUT2D eigenvalue weighted by molar-refractivity contribution is 0.174. The van der Waals surface area contributed by atoms with E-state index in [-0.39, 0.29) is 21.9 Å². The van der Waals surface area contributed by atoms with Crippen LogP contribution in [0.3, 0.4) is 0 Å². The minimum absolute atomic E-state index is 0.0782. The average Bonchev–Trinajstić information content (AvgIpc) is 3.23.